The van der Waals surface area contributed by atoms with Crippen molar-refractivity contribution in [2.45, 2.75) is 50.9 Å². The molecule has 2 nitrogen and oxygen atoms in total. The first-order chi connectivity index (χ1) is 9.32. The zero-order valence-corrected chi connectivity index (χ0v) is 11.8. The Balaban J connectivity index is 2.07. The highest BCUT2D eigenvalue weighted by Gasteiger charge is 2.33. The Hall–Kier alpha value is -1.23. The Kier molecular flexibility index (Phi) is 4.28. The number of alkyl halides is 3. The van der Waals surface area contributed by atoms with Gasteiger partial charge < -0.3 is 10.1 Å². The summed E-state index contributed by atoms with van der Waals surface area (Å²) in [7, 11) is 0. The molecule has 1 aromatic carbocycles. The van der Waals surface area contributed by atoms with E-state index in [1.165, 1.54) is 12.1 Å². The van der Waals surface area contributed by atoms with E-state index in [9.17, 15) is 13.2 Å². The van der Waals surface area contributed by atoms with Crippen molar-refractivity contribution in [3.8, 4) is 0 Å². The summed E-state index contributed by atoms with van der Waals surface area (Å²) in [6, 6.07) is 5.51. The standard InChI is InChI=1S/C15H20F3NO/c1-3-14(2)10-13(7-8-20-14)19-12-6-4-5-11(9-12)15(16,17)18/h4-6,9,13,19H,3,7-8,10H2,1-2H3. The second kappa shape index (κ2) is 5.64. The average Bonchev–Trinajstić information content (AvgIpc) is 2.38. The molecule has 0 saturated carbocycles. The molecule has 1 N–H and O–H groups in total. The van der Waals surface area contributed by atoms with Gasteiger partial charge in [0.1, 0.15) is 0 Å². The molecule has 1 fully saturated rings. The van der Waals surface area contributed by atoms with Gasteiger partial charge in [0.15, 0.2) is 0 Å². The van der Waals surface area contributed by atoms with E-state index >= 15 is 0 Å². The van der Waals surface area contributed by atoms with E-state index in [1.807, 2.05) is 6.92 Å². The van der Waals surface area contributed by atoms with Crippen LogP contribution in [0.5, 0.6) is 0 Å². The fourth-order valence-electron chi connectivity index (χ4n) is 2.52. The van der Waals surface area contributed by atoms with E-state index in [0.717, 1.165) is 25.3 Å². The summed E-state index contributed by atoms with van der Waals surface area (Å²) in [6.45, 7) is 4.75. The lowest BCUT2D eigenvalue weighted by atomic mass is 9.90. The third-order valence-corrected chi connectivity index (χ3v) is 3.90. The minimum Gasteiger partial charge on any atom is -0.382 e. The van der Waals surface area contributed by atoms with E-state index < -0.39 is 11.7 Å². The summed E-state index contributed by atoms with van der Waals surface area (Å²) in [5.41, 5.74) is -0.282. The van der Waals surface area contributed by atoms with Gasteiger partial charge in [0.2, 0.25) is 0 Å². The number of hydrogen-bond acceptors (Lipinski definition) is 2. The van der Waals surface area contributed by atoms with E-state index in [2.05, 4.69) is 12.2 Å². The Morgan fingerprint density at radius 3 is 2.80 bits per heavy atom. The molecule has 112 valence electrons. The van der Waals surface area contributed by atoms with Gasteiger partial charge >= 0.3 is 6.18 Å². The van der Waals surface area contributed by atoms with Crippen LogP contribution in [-0.4, -0.2) is 18.2 Å². The number of anilines is 1. The molecule has 0 bridgehead atoms. The molecule has 20 heavy (non-hydrogen) atoms. The summed E-state index contributed by atoms with van der Waals surface area (Å²) < 4.78 is 43.8. The van der Waals surface area contributed by atoms with Gasteiger partial charge in [-0.3, -0.25) is 0 Å². The van der Waals surface area contributed by atoms with Crippen LogP contribution in [0.1, 0.15) is 38.7 Å². The molecule has 5 heteroatoms. The third-order valence-electron chi connectivity index (χ3n) is 3.90. The maximum Gasteiger partial charge on any atom is 0.416 e. The first kappa shape index (κ1) is 15.2. The lowest BCUT2D eigenvalue weighted by molar-refractivity contribution is -0.137. The summed E-state index contributed by atoms with van der Waals surface area (Å²) >= 11 is 0. The zero-order chi connectivity index (χ0) is 14.8. The minimum absolute atomic E-state index is 0.150. The first-order valence-corrected chi connectivity index (χ1v) is 6.90. The van der Waals surface area contributed by atoms with Crippen LogP contribution in [0.4, 0.5) is 18.9 Å². The van der Waals surface area contributed by atoms with E-state index in [0.29, 0.717) is 12.3 Å². The first-order valence-electron chi connectivity index (χ1n) is 6.90. The average molecular weight is 287 g/mol. The topological polar surface area (TPSA) is 21.3 Å². The molecule has 0 aliphatic carbocycles. The molecule has 1 aliphatic rings. The molecular weight excluding hydrogens is 267 g/mol. The van der Waals surface area contributed by atoms with Crippen LogP contribution in [0.2, 0.25) is 0 Å². The Morgan fingerprint density at radius 2 is 2.15 bits per heavy atom. The fraction of sp³-hybridized carbons (Fsp3) is 0.600. The molecule has 1 aliphatic heterocycles. The Bertz CT molecular complexity index is 461. The lowest BCUT2D eigenvalue weighted by Crippen LogP contribution is -2.41. The molecular formula is C15H20F3NO. The quantitative estimate of drug-likeness (QED) is 0.886. The van der Waals surface area contributed by atoms with Crippen LogP contribution in [0.3, 0.4) is 0 Å². The van der Waals surface area contributed by atoms with Gasteiger partial charge in [-0.1, -0.05) is 13.0 Å². The molecule has 0 radical (unpaired) electrons. The van der Waals surface area contributed by atoms with Crippen LogP contribution in [0.15, 0.2) is 24.3 Å². The summed E-state index contributed by atoms with van der Waals surface area (Å²) in [5, 5.41) is 3.20. The number of benzene rings is 1. The van der Waals surface area contributed by atoms with E-state index in [1.54, 1.807) is 6.07 Å². The van der Waals surface area contributed by atoms with Crippen LogP contribution < -0.4 is 5.32 Å². The van der Waals surface area contributed by atoms with Gasteiger partial charge in [0.05, 0.1) is 11.2 Å². The summed E-state index contributed by atoms with van der Waals surface area (Å²) in [4.78, 5) is 0. The highest BCUT2D eigenvalue weighted by molar-refractivity contribution is 5.47. The number of nitrogens with one attached hydrogen (secondary N) is 1. The maximum absolute atomic E-state index is 12.7. The molecule has 0 aromatic heterocycles. The van der Waals surface area contributed by atoms with Crippen molar-refractivity contribution in [1.82, 2.24) is 0 Å². The second-order valence-electron chi connectivity index (χ2n) is 5.56. The Morgan fingerprint density at radius 1 is 1.40 bits per heavy atom. The molecule has 0 spiro atoms. The predicted molar refractivity (Wildman–Crippen MR) is 72.7 cm³/mol. The monoisotopic (exact) mass is 287 g/mol. The van der Waals surface area contributed by atoms with Gasteiger partial charge in [-0.2, -0.15) is 13.2 Å². The van der Waals surface area contributed by atoms with Crippen molar-refractivity contribution < 1.29 is 17.9 Å². The molecule has 0 amide bonds. The largest absolute Gasteiger partial charge is 0.416 e. The van der Waals surface area contributed by atoms with Crippen LogP contribution in [0.25, 0.3) is 0 Å². The number of ether oxygens (including phenoxy) is 1. The van der Waals surface area contributed by atoms with Crippen molar-refractivity contribution in [3.05, 3.63) is 29.8 Å². The van der Waals surface area contributed by atoms with Gasteiger partial charge in [0.25, 0.3) is 0 Å². The lowest BCUT2D eigenvalue weighted by Gasteiger charge is -2.38. The van der Waals surface area contributed by atoms with E-state index in [-0.39, 0.29) is 11.6 Å². The highest BCUT2D eigenvalue weighted by atomic mass is 19.4. The van der Waals surface area contributed by atoms with Gasteiger partial charge in [-0.05, 0) is 44.4 Å². The summed E-state index contributed by atoms with van der Waals surface area (Å²) in [6.07, 6.45) is -1.79. The second-order valence-corrected chi connectivity index (χ2v) is 5.56. The van der Waals surface area contributed by atoms with Crippen LogP contribution in [0, 0.1) is 0 Å². The van der Waals surface area contributed by atoms with Gasteiger partial charge in [-0.25, -0.2) is 0 Å². The number of hydrogen-bond donors (Lipinski definition) is 1. The molecule has 1 saturated heterocycles. The van der Waals surface area contributed by atoms with Crippen LogP contribution >= 0.6 is 0 Å². The Labute approximate surface area is 117 Å². The number of rotatable bonds is 3. The molecule has 2 rings (SSSR count). The minimum atomic E-state index is -4.30. The van der Waals surface area contributed by atoms with E-state index in [4.69, 9.17) is 4.74 Å². The van der Waals surface area contributed by atoms with Gasteiger partial charge in [-0.15, -0.1) is 0 Å². The van der Waals surface area contributed by atoms with Gasteiger partial charge in [0, 0.05) is 18.3 Å². The van der Waals surface area contributed by atoms with Crippen molar-refractivity contribution in [3.63, 3.8) is 0 Å². The van der Waals surface area contributed by atoms with Crippen molar-refractivity contribution in [2.24, 2.45) is 0 Å². The maximum atomic E-state index is 12.7. The molecule has 1 heterocycles. The predicted octanol–water partition coefficient (Wildman–Crippen LogP) is 4.47. The van der Waals surface area contributed by atoms with Crippen molar-refractivity contribution in [2.75, 3.05) is 11.9 Å². The normalized spacial score (nSPS) is 27.4. The highest BCUT2D eigenvalue weighted by Crippen LogP contribution is 2.33. The van der Waals surface area contributed by atoms with Crippen molar-refractivity contribution in [1.29, 1.82) is 0 Å². The zero-order valence-electron chi connectivity index (χ0n) is 11.8. The smallest absolute Gasteiger partial charge is 0.382 e. The SMILES string of the molecule is CCC1(C)CC(Nc2cccc(C(F)(F)F)c2)CCO1. The van der Waals surface area contributed by atoms with Crippen LogP contribution in [-0.2, 0) is 10.9 Å². The molecule has 1 aromatic rings. The third kappa shape index (κ3) is 3.66. The molecule has 2 atom stereocenters. The molecule has 2 unspecified atom stereocenters. The fourth-order valence-corrected chi connectivity index (χ4v) is 2.52. The summed E-state index contributed by atoms with van der Waals surface area (Å²) in [5.74, 6) is 0. The number of halogens is 3. The van der Waals surface area contributed by atoms with Crippen molar-refractivity contribution >= 4 is 5.69 Å².